The molecule has 1 fully saturated rings. The van der Waals surface area contributed by atoms with Crippen molar-refractivity contribution in [1.29, 1.82) is 0 Å². The van der Waals surface area contributed by atoms with E-state index < -0.39 is 10.0 Å². The molecule has 1 amide bonds. The smallest absolute Gasteiger partial charge is 0.242 e. The summed E-state index contributed by atoms with van der Waals surface area (Å²) in [5.41, 5.74) is 1.20. The summed E-state index contributed by atoms with van der Waals surface area (Å²) in [5, 5.41) is 0. The summed E-state index contributed by atoms with van der Waals surface area (Å²) in [5.74, 6) is 0.0896. The molecule has 1 heterocycles. The number of rotatable bonds is 4. The first-order valence-electron chi connectivity index (χ1n) is 5.99. The molecule has 1 aliphatic heterocycles. The van der Waals surface area contributed by atoms with Crippen molar-refractivity contribution < 1.29 is 13.2 Å². The van der Waals surface area contributed by atoms with Gasteiger partial charge in [0.05, 0.1) is 5.69 Å². The quantitative estimate of drug-likeness (QED) is 0.850. The lowest BCUT2D eigenvalue weighted by atomic mass is 10.1. The molecular formula is C12H15BrN2O3S. The van der Waals surface area contributed by atoms with E-state index in [1.807, 2.05) is 6.07 Å². The van der Waals surface area contributed by atoms with Gasteiger partial charge in [-0.25, -0.2) is 8.42 Å². The molecule has 19 heavy (non-hydrogen) atoms. The van der Waals surface area contributed by atoms with Crippen LogP contribution in [0.25, 0.3) is 0 Å². The Morgan fingerprint density at radius 1 is 1.32 bits per heavy atom. The minimum atomic E-state index is -3.37. The topological polar surface area (TPSA) is 66.5 Å². The van der Waals surface area contributed by atoms with E-state index in [0.717, 1.165) is 18.5 Å². The van der Waals surface area contributed by atoms with Crippen LogP contribution in [-0.2, 0) is 14.8 Å². The Morgan fingerprint density at radius 2 is 2.11 bits per heavy atom. The largest absolute Gasteiger partial charge is 0.312 e. The first kappa shape index (κ1) is 14.3. The van der Waals surface area contributed by atoms with Gasteiger partial charge in [-0.05, 0) is 31.0 Å². The lowest BCUT2D eigenvalue weighted by Crippen LogP contribution is -2.35. The first-order valence-corrected chi connectivity index (χ1v) is 8.76. The van der Waals surface area contributed by atoms with E-state index in [1.54, 1.807) is 23.1 Å². The van der Waals surface area contributed by atoms with Gasteiger partial charge in [-0.15, -0.1) is 0 Å². The Bertz CT molecular complexity index is 574. The van der Waals surface area contributed by atoms with Gasteiger partial charge in [0.25, 0.3) is 0 Å². The highest BCUT2D eigenvalue weighted by molar-refractivity contribution is 9.10. The molecule has 7 heteroatoms. The summed E-state index contributed by atoms with van der Waals surface area (Å²) < 4.78 is 25.3. The molecule has 0 aromatic heterocycles. The average Bonchev–Trinajstić information content (AvgIpc) is 2.39. The number of nitrogens with one attached hydrogen (secondary N) is 1. The van der Waals surface area contributed by atoms with E-state index in [0.29, 0.717) is 18.7 Å². The number of carbonyl (C=O) groups is 1. The van der Waals surface area contributed by atoms with E-state index >= 15 is 0 Å². The van der Waals surface area contributed by atoms with E-state index in [4.69, 9.17) is 0 Å². The summed E-state index contributed by atoms with van der Waals surface area (Å²) in [6, 6.07) is 6.90. The number of carbonyl (C=O) groups excluding carboxylic acids is 1. The van der Waals surface area contributed by atoms with Gasteiger partial charge >= 0.3 is 0 Å². The summed E-state index contributed by atoms with van der Waals surface area (Å²) in [6.45, 7) is 0.688. The van der Waals surface area contributed by atoms with Gasteiger partial charge in [-0.3, -0.25) is 9.52 Å². The molecular weight excluding hydrogens is 332 g/mol. The number of benzene rings is 1. The van der Waals surface area contributed by atoms with Crippen LogP contribution in [0.5, 0.6) is 0 Å². The number of halogens is 1. The van der Waals surface area contributed by atoms with Gasteiger partial charge in [0.2, 0.25) is 15.9 Å². The second kappa shape index (κ2) is 5.92. The molecule has 5 nitrogen and oxygen atoms in total. The summed E-state index contributed by atoms with van der Waals surface area (Å²) >= 11 is 2.92. The normalized spacial score (nSPS) is 16.5. The predicted octanol–water partition coefficient (Wildman–Crippen LogP) is 2.30. The fourth-order valence-corrected chi connectivity index (χ4v) is 2.91. The fraction of sp³-hybridized carbons (Fsp3) is 0.417. The standard InChI is InChI=1S/C12H15BrN2O3S/c13-9-19(17,18)14-10-4-3-5-11(8-10)15-7-2-1-6-12(15)16/h3-5,8,14H,1-2,6-7,9H2. The fourth-order valence-electron chi connectivity index (χ4n) is 2.02. The molecule has 1 aromatic rings. The van der Waals surface area contributed by atoms with Crippen LogP contribution in [-0.4, -0.2) is 25.5 Å². The van der Waals surface area contributed by atoms with Crippen LogP contribution in [0.2, 0.25) is 0 Å². The van der Waals surface area contributed by atoms with E-state index in [1.165, 1.54) is 0 Å². The predicted molar refractivity (Wildman–Crippen MR) is 79.0 cm³/mol. The van der Waals surface area contributed by atoms with Gasteiger partial charge < -0.3 is 4.90 Å². The molecule has 1 N–H and O–H groups in total. The number of amides is 1. The van der Waals surface area contributed by atoms with E-state index in [9.17, 15) is 13.2 Å². The third-order valence-electron chi connectivity index (χ3n) is 2.90. The number of sulfonamides is 1. The van der Waals surface area contributed by atoms with Crippen molar-refractivity contribution in [2.24, 2.45) is 0 Å². The van der Waals surface area contributed by atoms with Gasteiger partial charge in [0.15, 0.2) is 0 Å². The van der Waals surface area contributed by atoms with Crippen LogP contribution >= 0.6 is 15.9 Å². The zero-order valence-electron chi connectivity index (χ0n) is 10.3. The summed E-state index contributed by atoms with van der Waals surface area (Å²) in [7, 11) is -3.37. The van der Waals surface area contributed by atoms with Crippen molar-refractivity contribution in [3.05, 3.63) is 24.3 Å². The Hall–Kier alpha value is -1.08. The number of hydrogen-bond acceptors (Lipinski definition) is 3. The third-order valence-corrected chi connectivity index (χ3v) is 5.54. The van der Waals surface area contributed by atoms with Crippen molar-refractivity contribution in [3.63, 3.8) is 0 Å². The van der Waals surface area contributed by atoms with E-state index in [2.05, 4.69) is 20.7 Å². The number of nitrogens with zero attached hydrogens (tertiary/aromatic N) is 1. The van der Waals surface area contributed by atoms with Crippen molar-refractivity contribution in [3.8, 4) is 0 Å². The molecule has 0 aliphatic carbocycles. The highest BCUT2D eigenvalue weighted by Gasteiger charge is 2.20. The molecule has 1 saturated heterocycles. The Kier molecular flexibility index (Phi) is 4.46. The van der Waals surface area contributed by atoms with Crippen molar-refractivity contribution in [2.45, 2.75) is 19.3 Å². The van der Waals surface area contributed by atoms with Crippen molar-refractivity contribution in [2.75, 3.05) is 20.8 Å². The van der Waals surface area contributed by atoms with Crippen molar-refractivity contribution in [1.82, 2.24) is 0 Å². The third kappa shape index (κ3) is 3.70. The monoisotopic (exact) mass is 346 g/mol. The molecule has 1 aromatic carbocycles. The highest BCUT2D eigenvalue weighted by Crippen LogP contribution is 2.24. The first-order chi connectivity index (χ1) is 9.02. The SMILES string of the molecule is O=C1CCCCN1c1cccc(NS(=O)(=O)CBr)c1. The van der Waals surface area contributed by atoms with Crippen LogP contribution in [0.4, 0.5) is 11.4 Å². The number of alkyl halides is 1. The van der Waals surface area contributed by atoms with Gasteiger partial charge in [-0.1, -0.05) is 22.0 Å². The second-order valence-corrected chi connectivity index (χ2v) is 7.40. The maximum atomic E-state index is 11.8. The molecule has 0 atom stereocenters. The van der Waals surface area contributed by atoms with Gasteiger partial charge in [0, 0.05) is 18.7 Å². The number of hydrogen-bond donors (Lipinski definition) is 1. The van der Waals surface area contributed by atoms with Crippen molar-refractivity contribution >= 4 is 43.2 Å². The van der Waals surface area contributed by atoms with Gasteiger partial charge in [0.1, 0.15) is 4.66 Å². The Balaban J connectivity index is 2.21. The second-order valence-electron chi connectivity index (χ2n) is 4.38. The minimum Gasteiger partial charge on any atom is -0.312 e. The zero-order valence-corrected chi connectivity index (χ0v) is 12.7. The molecule has 0 radical (unpaired) electrons. The molecule has 104 valence electrons. The molecule has 1 aliphatic rings. The van der Waals surface area contributed by atoms with Crippen LogP contribution in [0.1, 0.15) is 19.3 Å². The van der Waals surface area contributed by atoms with Gasteiger partial charge in [-0.2, -0.15) is 0 Å². The van der Waals surface area contributed by atoms with Crippen LogP contribution in [0, 0.1) is 0 Å². The molecule has 0 unspecified atom stereocenters. The molecule has 0 saturated carbocycles. The maximum absolute atomic E-state index is 11.8. The average molecular weight is 347 g/mol. The van der Waals surface area contributed by atoms with E-state index in [-0.39, 0.29) is 10.6 Å². The maximum Gasteiger partial charge on any atom is 0.242 e. The molecule has 0 bridgehead atoms. The minimum absolute atomic E-state index is 0.0896. The Morgan fingerprint density at radius 3 is 2.79 bits per heavy atom. The van der Waals surface area contributed by atoms with Crippen LogP contribution < -0.4 is 9.62 Å². The molecule has 0 spiro atoms. The number of piperidine rings is 1. The lowest BCUT2D eigenvalue weighted by molar-refractivity contribution is -0.119. The van der Waals surface area contributed by atoms with Crippen LogP contribution in [0.3, 0.4) is 0 Å². The number of anilines is 2. The molecule has 2 rings (SSSR count). The highest BCUT2D eigenvalue weighted by atomic mass is 79.9. The Labute approximate surface area is 121 Å². The lowest BCUT2D eigenvalue weighted by Gasteiger charge is -2.27. The zero-order chi connectivity index (χ0) is 13.9. The summed E-state index contributed by atoms with van der Waals surface area (Å²) in [6.07, 6.45) is 2.45. The van der Waals surface area contributed by atoms with Crippen LogP contribution in [0.15, 0.2) is 24.3 Å². The summed E-state index contributed by atoms with van der Waals surface area (Å²) in [4.78, 5) is 13.5.